The van der Waals surface area contributed by atoms with E-state index in [0.717, 1.165) is 43.6 Å². The fraction of sp³-hybridized carbons (Fsp3) is 0.300. The highest BCUT2D eigenvalue weighted by Crippen LogP contribution is 2.25. The van der Waals surface area contributed by atoms with Crippen molar-refractivity contribution in [3.63, 3.8) is 0 Å². The van der Waals surface area contributed by atoms with Crippen LogP contribution in [-0.2, 0) is 11.2 Å². The summed E-state index contributed by atoms with van der Waals surface area (Å²) in [4.78, 5) is 33.4. The summed E-state index contributed by atoms with van der Waals surface area (Å²) < 4.78 is 1.65. The maximum Gasteiger partial charge on any atom is 0.266 e. The van der Waals surface area contributed by atoms with Crippen LogP contribution in [0.3, 0.4) is 0 Å². The first-order valence-electron chi connectivity index (χ1n) is 12.5. The predicted molar refractivity (Wildman–Crippen MR) is 147 cm³/mol. The zero-order valence-corrected chi connectivity index (χ0v) is 21.6. The van der Waals surface area contributed by atoms with E-state index in [1.807, 2.05) is 54.3 Å². The van der Waals surface area contributed by atoms with E-state index in [1.165, 1.54) is 22.9 Å². The fourth-order valence-electron chi connectivity index (χ4n) is 4.85. The molecule has 1 saturated heterocycles. The molecule has 2 heterocycles. The van der Waals surface area contributed by atoms with E-state index < -0.39 is 0 Å². The quantitative estimate of drug-likeness (QED) is 0.258. The van der Waals surface area contributed by atoms with Gasteiger partial charge in [0.25, 0.3) is 5.56 Å². The van der Waals surface area contributed by atoms with E-state index in [-0.39, 0.29) is 17.2 Å². The molecule has 1 aromatic heterocycles. The molecule has 0 N–H and O–H groups in total. The summed E-state index contributed by atoms with van der Waals surface area (Å²) in [6, 6.07) is 24.0. The average Bonchev–Trinajstić information content (AvgIpc) is 2.90. The van der Waals surface area contributed by atoms with Gasteiger partial charge in [0.2, 0.25) is 5.91 Å². The number of fused-ring (bicyclic) bond motifs is 1. The lowest BCUT2D eigenvalue weighted by Gasteiger charge is -2.32. The third kappa shape index (κ3) is 5.24. The number of rotatable bonds is 6. The van der Waals surface area contributed by atoms with Crippen LogP contribution in [0, 0.1) is 19.8 Å². The Kier molecular flexibility index (Phi) is 7.23. The number of carbonyl (C=O) groups is 1. The van der Waals surface area contributed by atoms with Crippen LogP contribution in [0.5, 0.6) is 0 Å². The molecule has 6 heteroatoms. The van der Waals surface area contributed by atoms with Crippen molar-refractivity contribution < 1.29 is 4.79 Å². The summed E-state index contributed by atoms with van der Waals surface area (Å²) in [6.07, 6.45) is 3.11. The van der Waals surface area contributed by atoms with Gasteiger partial charge in [0.1, 0.15) is 0 Å². The largest absolute Gasteiger partial charge is 0.342 e. The van der Waals surface area contributed by atoms with Crippen LogP contribution in [-0.4, -0.2) is 39.2 Å². The zero-order chi connectivity index (χ0) is 25.1. The van der Waals surface area contributed by atoms with Crippen molar-refractivity contribution in [3.05, 3.63) is 99.8 Å². The van der Waals surface area contributed by atoms with Crippen LogP contribution >= 0.6 is 11.8 Å². The maximum atomic E-state index is 13.5. The molecular weight excluding hydrogens is 466 g/mol. The standard InChI is InChI=1S/C30H31N3O2S/c1-21-12-13-25(18-22(21)2)33-29(35)26-10-6-7-11-27(26)31-30(33)36-20-28(34)32-16-14-24(15-17-32)19-23-8-4-3-5-9-23/h3-13,18,24H,14-17,19-20H2,1-2H3. The van der Waals surface area contributed by atoms with Crippen molar-refractivity contribution in [3.8, 4) is 5.69 Å². The highest BCUT2D eigenvalue weighted by molar-refractivity contribution is 7.99. The summed E-state index contributed by atoms with van der Waals surface area (Å²) in [7, 11) is 0. The summed E-state index contributed by atoms with van der Waals surface area (Å²) >= 11 is 1.35. The Morgan fingerprint density at radius 2 is 1.67 bits per heavy atom. The fourth-order valence-corrected chi connectivity index (χ4v) is 5.77. The minimum atomic E-state index is -0.111. The Balaban J connectivity index is 1.32. The molecule has 0 spiro atoms. The monoisotopic (exact) mass is 497 g/mol. The molecule has 0 unspecified atom stereocenters. The number of thioether (sulfide) groups is 1. The first kappa shape index (κ1) is 24.3. The molecule has 184 valence electrons. The van der Waals surface area contributed by atoms with Gasteiger partial charge < -0.3 is 4.90 Å². The number of para-hydroxylation sites is 1. The molecule has 0 bridgehead atoms. The second-order valence-electron chi connectivity index (χ2n) is 9.62. The number of benzene rings is 3. The Morgan fingerprint density at radius 3 is 2.42 bits per heavy atom. The van der Waals surface area contributed by atoms with Crippen LogP contribution < -0.4 is 5.56 Å². The number of amides is 1. The number of nitrogens with zero attached hydrogens (tertiary/aromatic N) is 3. The molecule has 1 aliphatic heterocycles. The van der Waals surface area contributed by atoms with Gasteiger partial charge in [0, 0.05) is 13.1 Å². The topological polar surface area (TPSA) is 55.2 Å². The van der Waals surface area contributed by atoms with E-state index in [9.17, 15) is 9.59 Å². The minimum absolute atomic E-state index is 0.104. The normalized spacial score (nSPS) is 14.3. The second kappa shape index (κ2) is 10.7. The second-order valence-corrected chi connectivity index (χ2v) is 10.6. The van der Waals surface area contributed by atoms with E-state index in [0.29, 0.717) is 22.0 Å². The third-order valence-electron chi connectivity index (χ3n) is 7.15. The first-order chi connectivity index (χ1) is 17.5. The van der Waals surface area contributed by atoms with Gasteiger partial charge in [-0.05, 0) is 80.0 Å². The lowest BCUT2D eigenvalue weighted by Crippen LogP contribution is -2.40. The summed E-state index contributed by atoms with van der Waals surface area (Å²) in [5, 5.41) is 1.13. The smallest absolute Gasteiger partial charge is 0.266 e. The number of piperidine rings is 1. The van der Waals surface area contributed by atoms with Gasteiger partial charge >= 0.3 is 0 Å². The Hall–Kier alpha value is -3.38. The van der Waals surface area contributed by atoms with Crippen molar-refractivity contribution in [2.75, 3.05) is 18.8 Å². The summed E-state index contributed by atoms with van der Waals surface area (Å²) in [6.45, 7) is 5.66. The molecule has 1 fully saturated rings. The molecular formula is C30H31N3O2S. The molecule has 0 aliphatic carbocycles. The Bertz CT molecular complexity index is 1440. The third-order valence-corrected chi connectivity index (χ3v) is 8.08. The molecule has 1 aliphatic rings. The summed E-state index contributed by atoms with van der Waals surface area (Å²) in [5.74, 6) is 0.979. The van der Waals surface area contributed by atoms with Gasteiger partial charge in [-0.1, -0.05) is 60.3 Å². The molecule has 4 aromatic rings. The van der Waals surface area contributed by atoms with Gasteiger partial charge in [-0.15, -0.1) is 0 Å². The van der Waals surface area contributed by atoms with Crippen molar-refractivity contribution >= 4 is 28.6 Å². The molecule has 5 nitrogen and oxygen atoms in total. The van der Waals surface area contributed by atoms with Gasteiger partial charge in [-0.3, -0.25) is 14.2 Å². The average molecular weight is 498 g/mol. The molecule has 3 aromatic carbocycles. The number of aromatic nitrogens is 2. The zero-order valence-electron chi connectivity index (χ0n) is 20.8. The predicted octanol–water partition coefficient (Wildman–Crippen LogP) is 5.58. The van der Waals surface area contributed by atoms with Gasteiger partial charge in [0.15, 0.2) is 5.16 Å². The number of likely N-dealkylation sites (tertiary alicyclic amines) is 1. The van der Waals surface area contributed by atoms with Crippen LogP contribution in [0.25, 0.3) is 16.6 Å². The molecule has 0 saturated carbocycles. The van der Waals surface area contributed by atoms with E-state index in [1.54, 1.807) is 10.6 Å². The van der Waals surface area contributed by atoms with Crippen LogP contribution in [0.4, 0.5) is 0 Å². The number of hydrogen-bond acceptors (Lipinski definition) is 4. The number of hydrogen-bond donors (Lipinski definition) is 0. The van der Waals surface area contributed by atoms with Crippen molar-refractivity contribution in [2.24, 2.45) is 5.92 Å². The van der Waals surface area contributed by atoms with Crippen molar-refractivity contribution in [1.82, 2.24) is 14.5 Å². The van der Waals surface area contributed by atoms with E-state index in [2.05, 4.69) is 31.2 Å². The lowest BCUT2D eigenvalue weighted by atomic mass is 9.90. The number of carbonyl (C=O) groups excluding carboxylic acids is 1. The minimum Gasteiger partial charge on any atom is -0.342 e. The van der Waals surface area contributed by atoms with Gasteiger partial charge in [0.05, 0.1) is 22.3 Å². The first-order valence-corrected chi connectivity index (χ1v) is 13.5. The number of aryl methyl sites for hydroxylation is 2. The maximum absolute atomic E-state index is 13.5. The van der Waals surface area contributed by atoms with Gasteiger partial charge in [-0.2, -0.15) is 0 Å². The Labute approximate surface area is 216 Å². The van der Waals surface area contributed by atoms with E-state index >= 15 is 0 Å². The SMILES string of the molecule is Cc1ccc(-n2c(SCC(=O)N3CCC(Cc4ccccc4)CC3)nc3ccccc3c2=O)cc1C. The van der Waals surface area contributed by atoms with E-state index in [4.69, 9.17) is 4.98 Å². The molecule has 0 atom stereocenters. The van der Waals surface area contributed by atoms with Crippen LogP contribution in [0.1, 0.15) is 29.5 Å². The van der Waals surface area contributed by atoms with Crippen LogP contribution in [0.15, 0.2) is 82.7 Å². The molecule has 1 amide bonds. The Morgan fingerprint density at radius 1 is 0.944 bits per heavy atom. The van der Waals surface area contributed by atoms with Gasteiger partial charge in [-0.25, -0.2) is 4.98 Å². The van der Waals surface area contributed by atoms with Crippen molar-refractivity contribution in [1.29, 1.82) is 0 Å². The highest BCUT2D eigenvalue weighted by Gasteiger charge is 2.24. The summed E-state index contributed by atoms with van der Waals surface area (Å²) in [5.41, 5.74) is 4.96. The molecule has 0 radical (unpaired) electrons. The highest BCUT2D eigenvalue weighted by atomic mass is 32.2. The van der Waals surface area contributed by atoms with Crippen molar-refractivity contribution in [2.45, 2.75) is 38.3 Å². The molecule has 5 rings (SSSR count). The lowest BCUT2D eigenvalue weighted by molar-refractivity contribution is -0.129. The van der Waals surface area contributed by atoms with Crippen LogP contribution in [0.2, 0.25) is 0 Å². The molecule has 36 heavy (non-hydrogen) atoms.